The normalized spacial score (nSPS) is 15.7. The van der Waals surface area contributed by atoms with Crippen molar-refractivity contribution >= 4 is 12.0 Å². The minimum atomic E-state index is -0.805. The third kappa shape index (κ3) is 6.28. The van der Waals surface area contributed by atoms with Crippen LogP contribution in [0.1, 0.15) is 49.1 Å². The highest BCUT2D eigenvalue weighted by Gasteiger charge is 2.37. The molecule has 1 unspecified atom stereocenters. The van der Waals surface area contributed by atoms with E-state index in [0.29, 0.717) is 24.5 Å². The topological polar surface area (TPSA) is 77.1 Å². The van der Waals surface area contributed by atoms with E-state index in [2.05, 4.69) is 17.4 Å². The Hall–Kier alpha value is -4.00. The Labute approximate surface area is 224 Å². The Balaban J connectivity index is 1.73. The summed E-state index contributed by atoms with van der Waals surface area (Å²) in [5.41, 5.74) is 3.41. The van der Waals surface area contributed by atoms with Gasteiger partial charge in [-0.05, 0) is 61.6 Å². The maximum absolute atomic E-state index is 14.3. The summed E-state index contributed by atoms with van der Waals surface area (Å²) in [7, 11) is 3.19. The van der Waals surface area contributed by atoms with E-state index in [-0.39, 0.29) is 11.9 Å². The number of amides is 2. The molecular weight excluding hydrogens is 480 g/mol. The number of alkyl carbamates (subject to hydrolysis) is 1. The van der Waals surface area contributed by atoms with Crippen molar-refractivity contribution in [2.75, 3.05) is 20.8 Å². The van der Waals surface area contributed by atoms with Crippen LogP contribution in [0.3, 0.4) is 0 Å². The summed E-state index contributed by atoms with van der Waals surface area (Å²) in [4.78, 5) is 28.9. The number of methoxy groups -OCH3 is 2. The summed E-state index contributed by atoms with van der Waals surface area (Å²) in [5.74, 6) is 1.04. The Bertz CT molecular complexity index is 1270. The van der Waals surface area contributed by atoms with E-state index in [1.807, 2.05) is 65.6 Å². The van der Waals surface area contributed by atoms with Crippen LogP contribution in [-0.2, 0) is 22.4 Å². The summed E-state index contributed by atoms with van der Waals surface area (Å²) in [6.07, 6.45) is 0.443. The van der Waals surface area contributed by atoms with Crippen LogP contribution >= 0.6 is 0 Å². The molecule has 1 aliphatic heterocycles. The van der Waals surface area contributed by atoms with Gasteiger partial charge in [0.2, 0.25) is 5.91 Å². The number of hydrogen-bond acceptors (Lipinski definition) is 5. The number of fused-ring (bicyclic) bond motifs is 1. The third-order valence-electron chi connectivity index (χ3n) is 6.56. The van der Waals surface area contributed by atoms with E-state index in [1.54, 1.807) is 35.0 Å². The fourth-order valence-corrected chi connectivity index (χ4v) is 4.89. The Morgan fingerprint density at radius 2 is 1.63 bits per heavy atom. The number of ether oxygens (including phenoxy) is 3. The zero-order chi connectivity index (χ0) is 27.3. The van der Waals surface area contributed by atoms with E-state index >= 15 is 0 Å². The van der Waals surface area contributed by atoms with Crippen molar-refractivity contribution in [3.05, 3.63) is 95.1 Å². The first-order valence-corrected chi connectivity index (χ1v) is 12.8. The quantitative estimate of drug-likeness (QED) is 0.460. The van der Waals surface area contributed by atoms with Crippen LogP contribution in [0, 0.1) is 0 Å². The van der Waals surface area contributed by atoms with Crippen LogP contribution in [0.25, 0.3) is 0 Å². The highest BCUT2D eigenvalue weighted by atomic mass is 16.6. The molecule has 38 heavy (non-hydrogen) atoms. The van der Waals surface area contributed by atoms with Gasteiger partial charge in [-0.25, -0.2) is 4.79 Å². The largest absolute Gasteiger partial charge is 0.493 e. The number of hydrogen-bond donors (Lipinski definition) is 1. The molecule has 3 aromatic rings. The van der Waals surface area contributed by atoms with Crippen molar-refractivity contribution in [1.29, 1.82) is 0 Å². The van der Waals surface area contributed by atoms with Crippen molar-refractivity contribution in [3.63, 3.8) is 0 Å². The van der Waals surface area contributed by atoms with Gasteiger partial charge in [0.05, 0.1) is 20.3 Å². The van der Waals surface area contributed by atoms with Gasteiger partial charge in [0.15, 0.2) is 11.5 Å². The predicted octanol–water partition coefficient (Wildman–Crippen LogP) is 5.31. The lowest BCUT2D eigenvalue weighted by Crippen LogP contribution is -2.53. The van der Waals surface area contributed by atoms with Gasteiger partial charge in [-0.15, -0.1) is 0 Å². The van der Waals surface area contributed by atoms with E-state index in [0.717, 1.165) is 23.1 Å². The first kappa shape index (κ1) is 27.0. The highest BCUT2D eigenvalue weighted by Crippen LogP contribution is 2.39. The molecule has 0 spiro atoms. The van der Waals surface area contributed by atoms with Crippen LogP contribution in [-0.4, -0.2) is 49.3 Å². The lowest BCUT2D eigenvalue weighted by Gasteiger charge is -2.40. The summed E-state index contributed by atoms with van der Waals surface area (Å²) in [6, 6.07) is 22.4. The summed E-state index contributed by atoms with van der Waals surface area (Å²) in [5, 5.41) is 2.86. The standard InChI is InChI=1S/C31H36N2O5/c1-31(2,3)38-30(35)32-25(19-21-11-7-6-8-12-21)29(34)33-18-17-22-13-9-10-14-24(22)28(33)23-15-16-26(36-4)27(20-23)37-5/h6-16,20,25,28H,17-19H2,1-5H3,(H,32,35)/t25-,28?/m0/s1. The smallest absolute Gasteiger partial charge is 0.408 e. The van der Waals surface area contributed by atoms with E-state index in [9.17, 15) is 9.59 Å². The molecule has 7 heteroatoms. The molecule has 3 aromatic carbocycles. The molecule has 1 heterocycles. The third-order valence-corrected chi connectivity index (χ3v) is 6.56. The minimum absolute atomic E-state index is 0.172. The van der Waals surface area contributed by atoms with Crippen LogP contribution in [0.15, 0.2) is 72.8 Å². The zero-order valence-electron chi connectivity index (χ0n) is 22.7. The van der Waals surface area contributed by atoms with Crippen molar-refractivity contribution in [3.8, 4) is 11.5 Å². The second-order valence-corrected chi connectivity index (χ2v) is 10.4. The molecule has 2 atom stereocenters. The number of carbonyl (C=O) groups excluding carboxylic acids is 2. The van der Waals surface area contributed by atoms with Crippen LogP contribution < -0.4 is 14.8 Å². The average molecular weight is 517 g/mol. The number of nitrogens with zero attached hydrogens (tertiary/aromatic N) is 1. The molecule has 0 radical (unpaired) electrons. The molecule has 2 amide bonds. The molecular formula is C31H36N2O5. The fourth-order valence-electron chi connectivity index (χ4n) is 4.89. The number of benzene rings is 3. The van der Waals surface area contributed by atoms with Crippen molar-refractivity contribution in [2.45, 2.75) is 51.3 Å². The molecule has 0 saturated carbocycles. The highest BCUT2D eigenvalue weighted by molar-refractivity contribution is 5.87. The second-order valence-electron chi connectivity index (χ2n) is 10.4. The number of rotatable bonds is 7. The molecule has 4 rings (SSSR count). The van der Waals surface area contributed by atoms with Gasteiger partial charge >= 0.3 is 6.09 Å². The van der Waals surface area contributed by atoms with Gasteiger partial charge in [-0.3, -0.25) is 4.79 Å². The molecule has 0 fully saturated rings. The van der Waals surface area contributed by atoms with Crippen LogP contribution in [0.2, 0.25) is 0 Å². The molecule has 0 bridgehead atoms. The first-order valence-electron chi connectivity index (χ1n) is 12.8. The molecule has 0 aromatic heterocycles. The zero-order valence-corrected chi connectivity index (χ0v) is 22.7. The van der Waals surface area contributed by atoms with Gasteiger partial charge in [-0.1, -0.05) is 60.7 Å². The summed E-state index contributed by atoms with van der Waals surface area (Å²) in [6.45, 7) is 5.91. The van der Waals surface area contributed by atoms with Gasteiger partial charge in [0, 0.05) is 13.0 Å². The van der Waals surface area contributed by atoms with Gasteiger partial charge < -0.3 is 24.4 Å². The SMILES string of the molecule is COc1ccc(C2c3ccccc3CCN2C(=O)[C@H](Cc2ccccc2)NC(=O)OC(C)(C)C)cc1OC. The Morgan fingerprint density at radius 1 is 0.947 bits per heavy atom. The monoisotopic (exact) mass is 516 g/mol. The number of nitrogens with one attached hydrogen (secondary N) is 1. The molecule has 0 aliphatic carbocycles. The Kier molecular flexibility index (Phi) is 8.25. The molecule has 1 N–H and O–H groups in total. The van der Waals surface area contributed by atoms with Crippen LogP contribution in [0.4, 0.5) is 4.79 Å². The minimum Gasteiger partial charge on any atom is -0.493 e. The summed E-state index contributed by atoms with van der Waals surface area (Å²) >= 11 is 0. The van der Waals surface area contributed by atoms with E-state index in [1.165, 1.54) is 5.56 Å². The van der Waals surface area contributed by atoms with Crippen molar-refractivity contribution in [1.82, 2.24) is 10.2 Å². The van der Waals surface area contributed by atoms with Crippen molar-refractivity contribution in [2.24, 2.45) is 0 Å². The fraction of sp³-hybridized carbons (Fsp3) is 0.355. The molecule has 1 aliphatic rings. The van der Waals surface area contributed by atoms with Gasteiger partial charge in [0.25, 0.3) is 0 Å². The van der Waals surface area contributed by atoms with Gasteiger partial charge in [0.1, 0.15) is 11.6 Å². The molecule has 0 saturated heterocycles. The van der Waals surface area contributed by atoms with Crippen molar-refractivity contribution < 1.29 is 23.8 Å². The lowest BCUT2D eigenvalue weighted by molar-refractivity contribution is -0.135. The first-order chi connectivity index (χ1) is 18.2. The second kappa shape index (κ2) is 11.6. The summed E-state index contributed by atoms with van der Waals surface area (Å²) < 4.78 is 16.5. The average Bonchev–Trinajstić information content (AvgIpc) is 2.90. The molecule has 7 nitrogen and oxygen atoms in total. The predicted molar refractivity (Wildman–Crippen MR) is 147 cm³/mol. The number of carbonyl (C=O) groups is 2. The van der Waals surface area contributed by atoms with Gasteiger partial charge in [-0.2, -0.15) is 0 Å². The maximum atomic E-state index is 14.3. The van der Waals surface area contributed by atoms with Crippen LogP contribution in [0.5, 0.6) is 11.5 Å². The lowest BCUT2D eigenvalue weighted by atomic mass is 9.87. The molecule has 200 valence electrons. The van der Waals surface area contributed by atoms with E-state index in [4.69, 9.17) is 14.2 Å². The Morgan fingerprint density at radius 3 is 2.32 bits per heavy atom. The maximum Gasteiger partial charge on any atom is 0.408 e. The van der Waals surface area contributed by atoms with E-state index < -0.39 is 17.7 Å².